The molecule has 0 spiro atoms. The lowest BCUT2D eigenvalue weighted by Crippen LogP contribution is -2.07. The molecule has 0 aliphatic heterocycles. The molecule has 2 aromatic rings. The van der Waals surface area contributed by atoms with Crippen LogP contribution in [0.1, 0.15) is 0 Å². The lowest BCUT2D eigenvalue weighted by atomic mass is 10.2. The van der Waals surface area contributed by atoms with Crippen LogP contribution in [0.5, 0.6) is 0 Å². The summed E-state index contributed by atoms with van der Waals surface area (Å²) in [6, 6.07) is 8.11. The van der Waals surface area contributed by atoms with Gasteiger partial charge in [0.15, 0.2) is 5.82 Å². The highest BCUT2D eigenvalue weighted by Crippen LogP contribution is 2.18. The molecule has 0 amide bonds. The number of hydrogen-bond acceptors (Lipinski definition) is 3. The third-order valence-electron chi connectivity index (χ3n) is 2.16. The fourth-order valence-electron chi connectivity index (χ4n) is 1.32. The molecule has 0 fully saturated rings. The Balaban J connectivity index is 2.35. The van der Waals surface area contributed by atoms with E-state index in [1.807, 2.05) is 38.4 Å². The highest BCUT2D eigenvalue weighted by Gasteiger charge is 2.01. The van der Waals surface area contributed by atoms with Crippen LogP contribution in [0.25, 0.3) is 11.4 Å². The Morgan fingerprint density at radius 3 is 2.27 bits per heavy atom. The van der Waals surface area contributed by atoms with Crippen molar-refractivity contribution in [3.05, 3.63) is 29.0 Å². The molecule has 2 rings (SSSR count). The number of aromatic amines is 2. The Labute approximate surface area is 93.0 Å². The van der Waals surface area contributed by atoms with Gasteiger partial charge >= 0.3 is 0 Å². The van der Waals surface area contributed by atoms with Crippen molar-refractivity contribution >= 4 is 17.9 Å². The Morgan fingerprint density at radius 2 is 1.80 bits per heavy atom. The molecule has 0 atom stereocenters. The van der Waals surface area contributed by atoms with E-state index in [0.29, 0.717) is 4.77 Å². The minimum atomic E-state index is 0.474. The summed E-state index contributed by atoms with van der Waals surface area (Å²) in [5, 5.41) is 5.69. The van der Waals surface area contributed by atoms with E-state index in [1.165, 1.54) is 0 Å². The van der Waals surface area contributed by atoms with Gasteiger partial charge in [-0.1, -0.05) is 0 Å². The Bertz CT molecular complexity index is 495. The summed E-state index contributed by atoms with van der Waals surface area (Å²) in [5.41, 5.74) is 2.18. The Morgan fingerprint density at radius 1 is 1.13 bits per heavy atom. The van der Waals surface area contributed by atoms with Crippen molar-refractivity contribution in [2.75, 3.05) is 19.0 Å². The van der Waals surface area contributed by atoms with Gasteiger partial charge in [-0.05, 0) is 36.5 Å². The number of anilines is 1. The predicted octanol–water partition coefficient (Wildman–Crippen LogP) is 2.20. The van der Waals surface area contributed by atoms with Crippen molar-refractivity contribution < 1.29 is 0 Å². The number of nitrogens with one attached hydrogen (secondary N) is 2. The number of aromatic nitrogens is 3. The van der Waals surface area contributed by atoms with Crippen LogP contribution in [-0.2, 0) is 0 Å². The highest BCUT2D eigenvalue weighted by atomic mass is 32.1. The van der Waals surface area contributed by atoms with Crippen LogP contribution in [-0.4, -0.2) is 29.3 Å². The minimum Gasteiger partial charge on any atom is -0.378 e. The van der Waals surface area contributed by atoms with E-state index in [1.54, 1.807) is 0 Å². The zero-order chi connectivity index (χ0) is 10.8. The standard InChI is InChI=1S/C10H12N4S/c1-14(2)8-5-3-7(4-6-8)9-11-10(15)13-12-9/h3-6H,1-2H3,(H2,11,12,13,15). The molecule has 0 unspecified atom stereocenters. The molecule has 2 N–H and O–H groups in total. The van der Waals surface area contributed by atoms with Crippen molar-refractivity contribution in [1.82, 2.24) is 15.2 Å². The first kappa shape index (κ1) is 9.92. The summed E-state index contributed by atoms with van der Waals surface area (Å²) >= 11 is 4.89. The molecule has 0 radical (unpaired) electrons. The lowest BCUT2D eigenvalue weighted by Gasteiger charge is -2.11. The van der Waals surface area contributed by atoms with E-state index in [2.05, 4.69) is 20.1 Å². The first-order valence-electron chi connectivity index (χ1n) is 4.59. The molecule has 1 aromatic heterocycles. The number of benzene rings is 1. The summed E-state index contributed by atoms with van der Waals surface area (Å²) in [6.07, 6.45) is 0. The summed E-state index contributed by atoms with van der Waals surface area (Å²) in [6.45, 7) is 0. The van der Waals surface area contributed by atoms with Gasteiger partial charge in [0.2, 0.25) is 4.77 Å². The number of nitrogens with zero attached hydrogens (tertiary/aromatic N) is 2. The first-order chi connectivity index (χ1) is 7.16. The van der Waals surface area contributed by atoms with Crippen LogP contribution in [0.2, 0.25) is 0 Å². The first-order valence-corrected chi connectivity index (χ1v) is 5.00. The summed E-state index contributed by atoms with van der Waals surface area (Å²) in [5.74, 6) is 0.769. The molecule has 1 aromatic carbocycles. The van der Waals surface area contributed by atoms with Gasteiger partial charge in [0.25, 0.3) is 0 Å². The molecule has 0 bridgehead atoms. The summed E-state index contributed by atoms with van der Waals surface area (Å²) < 4.78 is 0.474. The van der Waals surface area contributed by atoms with Crippen molar-refractivity contribution in [3.8, 4) is 11.4 Å². The van der Waals surface area contributed by atoms with E-state index < -0.39 is 0 Å². The zero-order valence-corrected chi connectivity index (χ0v) is 9.43. The van der Waals surface area contributed by atoms with E-state index in [-0.39, 0.29) is 0 Å². The normalized spacial score (nSPS) is 10.3. The molecule has 0 saturated heterocycles. The van der Waals surface area contributed by atoms with Gasteiger partial charge in [0.1, 0.15) is 0 Å². The van der Waals surface area contributed by atoms with Gasteiger partial charge in [-0.3, -0.25) is 10.2 Å². The molecule has 4 nitrogen and oxygen atoms in total. The third-order valence-corrected chi connectivity index (χ3v) is 2.35. The van der Waals surface area contributed by atoms with Gasteiger partial charge in [0.05, 0.1) is 0 Å². The molecule has 0 aliphatic carbocycles. The highest BCUT2D eigenvalue weighted by molar-refractivity contribution is 7.71. The Kier molecular flexibility index (Phi) is 2.55. The maximum Gasteiger partial charge on any atom is 0.213 e. The molecular weight excluding hydrogens is 208 g/mol. The lowest BCUT2D eigenvalue weighted by molar-refractivity contribution is 1.08. The van der Waals surface area contributed by atoms with Gasteiger partial charge in [0, 0.05) is 25.3 Å². The molecular formula is C10H12N4S. The Hall–Kier alpha value is -1.62. The molecule has 0 aliphatic rings. The van der Waals surface area contributed by atoms with E-state index in [0.717, 1.165) is 17.1 Å². The van der Waals surface area contributed by atoms with Crippen molar-refractivity contribution in [2.24, 2.45) is 0 Å². The predicted molar refractivity (Wildman–Crippen MR) is 63.5 cm³/mol. The summed E-state index contributed by atoms with van der Waals surface area (Å²) in [4.78, 5) is 6.20. The van der Waals surface area contributed by atoms with E-state index in [9.17, 15) is 0 Å². The fraction of sp³-hybridized carbons (Fsp3) is 0.200. The molecule has 15 heavy (non-hydrogen) atoms. The molecule has 0 saturated carbocycles. The maximum atomic E-state index is 4.89. The maximum absolute atomic E-state index is 4.89. The SMILES string of the molecule is CN(C)c1ccc(-c2nc(=S)[nH][nH]2)cc1. The van der Waals surface area contributed by atoms with Crippen LogP contribution >= 0.6 is 12.2 Å². The number of H-pyrrole nitrogens is 2. The summed E-state index contributed by atoms with van der Waals surface area (Å²) in [7, 11) is 4.02. The second kappa shape index (κ2) is 3.86. The molecule has 1 heterocycles. The monoisotopic (exact) mass is 220 g/mol. The van der Waals surface area contributed by atoms with E-state index >= 15 is 0 Å². The second-order valence-corrected chi connectivity index (χ2v) is 3.84. The van der Waals surface area contributed by atoms with Crippen LogP contribution in [0.15, 0.2) is 24.3 Å². The topological polar surface area (TPSA) is 47.7 Å². The largest absolute Gasteiger partial charge is 0.378 e. The average Bonchev–Trinajstić information content (AvgIpc) is 2.65. The third kappa shape index (κ3) is 2.07. The number of hydrogen-bond donors (Lipinski definition) is 2. The second-order valence-electron chi connectivity index (χ2n) is 3.46. The van der Waals surface area contributed by atoms with Gasteiger partial charge < -0.3 is 4.90 Å². The van der Waals surface area contributed by atoms with Crippen LogP contribution in [0, 0.1) is 4.77 Å². The van der Waals surface area contributed by atoms with Crippen molar-refractivity contribution in [1.29, 1.82) is 0 Å². The van der Waals surface area contributed by atoms with Crippen molar-refractivity contribution in [2.45, 2.75) is 0 Å². The molecule has 5 heteroatoms. The van der Waals surface area contributed by atoms with Crippen LogP contribution < -0.4 is 4.90 Å². The van der Waals surface area contributed by atoms with Crippen molar-refractivity contribution in [3.63, 3.8) is 0 Å². The fourth-order valence-corrected chi connectivity index (χ4v) is 1.47. The number of rotatable bonds is 2. The van der Waals surface area contributed by atoms with Gasteiger partial charge in [-0.25, -0.2) is 0 Å². The van der Waals surface area contributed by atoms with Gasteiger partial charge in [-0.2, -0.15) is 4.98 Å². The quantitative estimate of drug-likeness (QED) is 0.763. The van der Waals surface area contributed by atoms with Crippen LogP contribution in [0.3, 0.4) is 0 Å². The minimum absolute atomic E-state index is 0.474. The molecule has 78 valence electrons. The smallest absolute Gasteiger partial charge is 0.213 e. The van der Waals surface area contributed by atoms with E-state index in [4.69, 9.17) is 12.2 Å². The van der Waals surface area contributed by atoms with Crippen LogP contribution in [0.4, 0.5) is 5.69 Å². The average molecular weight is 220 g/mol. The van der Waals surface area contributed by atoms with Gasteiger partial charge in [-0.15, -0.1) is 0 Å². The zero-order valence-electron chi connectivity index (χ0n) is 8.61.